The number of aryl methyl sites for hydroxylation is 1. The van der Waals surface area contributed by atoms with Gasteiger partial charge in [0, 0.05) is 36.4 Å². The number of thiazole rings is 1. The van der Waals surface area contributed by atoms with Crippen molar-refractivity contribution in [2.24, 2.45) is 0 Å². The Morgan fingerprint density at radius 2 is 2.33 bits per heavy atom. The molecule has 2 aromatic rings. The van der Waals surface area contributed by atoms with Crippen molar-refractivity contribution in [2.45, 2.75) is 20.0 Å². The van der Waals surface area contributed by atoms with Gasteiger partial charge in [-0.1, -0.05) is 0 Å². The van der Waals surface area contributed by atoms with E-state index < -0.39 is 0 Å². The lowest BCUT2D eigenvalue weighted by Gasteiger charge is -2.15. The third-order valence-electron chi connectivity index (χ3n) is 2.84. The quantitative estimate of drug-likeness (QED) is 0.791. The van der Waals surface area contributed by atoms with Crippen LogP contribution < -0.4 is 5.32 Å². The van der Waals surface area contributed by atoms with E-state index in [9.17, 15) is 0 Å². The second kappa shape index (κ2) is 6.99. The minimum absolute atomic E-state index is 0.934. The summed E-state index contributed by atoms with van der Waals surface area (Å²) in [5.74, 6) is 0. The van der Waals surface area contributed by atoms with Crippen LogP contribution in [-0.2, 0) is 13.1 Å². The first-order valence-corrected chi connectivity index (χ1v) is 7.87. The van der Waals surface area contributed by atoms with E-state index in [1.807, 2.05) is 16.8 Å². The molecule has 2 heterocycles. The Kier molecular flexibility index (Phi) is 5.31. The second-order valence-corrected chi connectivity index (χ2v) is 6.14. The molecule has 0 saturated heterocycles. The molecule has 0 unspecified atom stereocenters. The highest BCUT2D eigenvalue weighted by atomic mass is 32.1. The number of hydrogen-bond acceptors (Lipinski definition) is 5. The minimum atomic E-state index is 0.934. The number of likely N-dealkylation sites (N-methyl/N-ethyl adjacent to an activating group) is 1. The van der Waals surface area contributed by atoms with Crippen molar-refractivity contribution in [2.75, 3.05) is 20.1 Å². The summed E-state index contributed by atoms with van der Waals surface area (Å²) in [6.45, 7) is 6.14. The van der Waals surface area contributed by atoms with Gasteiger partial charge in [-0.3, -0.25) is 4.90 Å². The van der Waals surface area contributed by atoms with E-state index in [0.717, 1.165) is 31.9 Å². The van der Waals surface area contributed by atoms with Gasteiger partial charge in [0.2, 0.25) is 0 Å². The molecular weight excluding hydrogens is 262 g/mol. The zero-order valence-corrected chi connectivity index (χ0v) is 12.5. The topological polar surface area (TPSA) is 28.2 Å². The molecule has 0 bridgehead atoms. The fraction of sp³-hybridized carbons (Fsp3) is 0.462. The molecule has 0 aromatic carbocycles. The number of nitrogens with one attached hydrogen (secondary N) is 1. The number of nitrogens with zero attached hydrogens (tertiary/aromatic N) is 2. The van der Waals surface area contributed by atoms with Crippen molar-refractivity contribution >= 4 is 22.7 Å². The molecule has 98 valence electrons. The summed E-state index contributed by atoms with van der Waals surface area (Å²) in [6, 6.07) is 2.18. The van der Waals surface area contributed by atoms with Crippen LogP contribution in [-0.4, -0.2) is 30.0 Å². The summed E-state index contributed by atoms with van der Waals surface area (Å²) in [5, 5.41) is 7.75. The van der Waals surface area contributed by atoms with Gasteiger partial charge >= 0.3 is 0 Å². The van der Waals surface area contributed by atoms with Gasteiger partial charge in [0.15, 0.2) is 0 Å². The Morgan fingerprint density at radius 1 is 1.44 bits per heavy atom. The molecule has 0 saturated carbocycles. The van der Waals surface area contributed by atoms with E-state index in [1.165, 1.54) is 10.4 Å². The third kappa shape index (κ3) is 4.17. The molecule has 1 N–H and O–H groups in total. The smallest absolute Gasteiger partial charge is 0.0795 e. The Bertz CT molecular complexity index is 451. The molecule has 2 rings (SSSR count). The number of rotatable bonds is 7. The predicted octanol–water partition coefficient (Wildman–Crippen LogP) is 2.73. The summed E-state index contributed by atoms with van der Waals surface area (Å²) in [7, 11) is 2.14. The molecule has 0 spiro atoms. The van der Waals surface area contributed by atoms with E-state index in [2.05, 4.69) is 46.0 Å². The Morgan fingerprint density at radius 3 is 3.00 bits per heavy atom. The van der Waals surface area contributed by atoms with Gasteiger partial charge < -0.3 is 5.32 Å². The molecule has 2 aromatic heterocycles. The van der Waals surface area contributed by atoms with Crippen molar-refractivity contribution in [3.8, 4) is 0 Å². The van der Waals surface area contributed by atoms with Gasteiger partial charge in [0.1, 0.15) is 0 Å². The van der Waals surface area contributed by atoms with Crippen LogP contribution in [0.1, 0.15) is 16.1 Å². The van der Waals surface area contributed by atoms with Gasteiger partial charge in [0.05, 0.1) is 11.2 Å². The molecular formula is C13H19N3S2. The van der Waals surface area contributed by atoms with Gasteiger partial charge in [-0.2, -0.15) is 0 Å². The van der Waals surface area contributed by atoms with Crippen molar-refractivity contribution in [1.82, 2.24) is 15.2 Å². The minimum Gasteiger partial charge on any atom is -0.311 e. The SMILES string of the molecule is Cc1ccsc1CNCCN(C)Cc1cscn1. The fourth-order valence-corrected chi connectivity index (χ4v) is 3.15. The van der Waals surface area contributed by atoms with Crippen LogP contribution in [0.3, 0.4) is 0 Å². The molecule has 0 atom stereocenters. The normalized spacial score (nSPS) is 11.3. The highest BCUT2D eigenvalue weighted by molar-refractivity contribution is 7.10. The molecule has 0 aliphatic carbocycles. The highest BCUT2D eigenvalue weighted by Gasteiger charge is 2.02. The summed E-state index contributed by atoms with van der Waals surface area (Å²) in [5.41, 5.74) is 4.45. The predicted molar refractivity (Wildman–Crippen MR) is 79.2 cm³/mol. The zero-order chi connectivity index (χ0) is 12.8. The third-order valence-corrected chi connectivity index (χ3v) is 4.50. The van der Waals surface area contributed by atoms with Crippen LogP contribution in [0.25, 0.3) is 0 Å². The first kappa shape index (κ1) is 13.7. The fourth-order valence-electron chi connectivity index (χ4n) is 1.73. The molecule has 18 heavy (non-hydrogen) atoms. The summed E-state index contributed by atoms with van der Waals surface area (Å²) in [6.07, 6.45) is 0. The van der Waals surface area contributed by atoms with Crippen molar-refractivity contribution < 1.29 is 0 Å². The van der Waals surface area contributed by atoms with Crippen LogP contribution >= 0.6 is 22.7 Å². The first-order valence-electron chi connectivity index (χ1n) is 6.05. The summed E-state index contributed by atoms with van der Waals surface area (Å²) >= 11 is 3.49. The van der Waals surface area contributed by atoms with Crippen molar-refractivity contribution in [3.63, 3.8) is 0 Å². The van der Waals surface area contributed by atoms with Crippen LogP contribution in [0.15, 0.2) is 22.3 Å². The largest absolute Gasteiger partial charge is 0.311 e. The molecule has 0 radical (unpaired) electrons. The average Bonchev–Trinajstić information content (AvgIpc) is 2.97. The number of thiophene rings is 1. The lowest BCUT2D eigenvalue weighted by molar-refractivity contribution is 0.321. The van der Waals surface area contributed by atoms with E-state index in [0.29, 0.717) is 0 Å². The average molecular weight is 281 g/mol. The van der Waals surface area contributed by atoms with Crippen molar-refractivity contribution in [1.29, 1.82) is 0 Å². The van der Waals surface area contributed by atoms with E-state index in [-0.39, 0.29) is 0 Å². The maximum absolute atomic E-state index is 4.29. The van der Waals surface area contributed by atoms with Gasteiger partial charge in [-0.25, -0.2) is 4.98 Å². The molecule has 0 amide bonds. The van der Waals surface area contributed by atoms with Gasteiger partial charge in [-0.05, 0) is 31.0 Å². The van der Waals surface area contributed by atoms with Crippen LogP contribution in [0.4, 0.5) is 0 Å². The Labute approximate surface area is 116 Å². The van der Waals surface area contributed by atoms with Crippen LogP contribution in [0.2, 0.25) is 0 Å². The van der Waals surface area contributed by atoms with E-state index in [1.54, 1.807) is 11.3 Å². The molecule has 3 nitrogen and oxygen atoms in total. The van der Waals surface area contributed by atoms with Gasteiger partial charge in [-0.15, -0.1) is 22.7 Å². The number of hydrogen-bond donors (Lipinski definition) is 1. The Hall–Kier alpha value is -0.750. The summed E-state index contributed by atoms with van der Waals surface area (Å²) < 4.78 is 0. The number of aromatic nitrogens is 1. The Balaban J connectivity index is 1.62. The standard InChI is InChI=1S/C13H19N3S2/c1-11-3-6-18-13(11)7-14-4-5-16(2)8-12-9-17-10-15-12/h3,6,9-10,14H,4-5,7-8H2,1-2H3. The van der Waals surface area contributed by atoms with Crippen LogP contribution in [0, 0.1) is 6.92 Å². The molecule has 0 aliphatic heterocycles. The van der Waals surface area contributed by atoms with E-state index >= 15 is 0 Å². The maximum Gasteiger partial charge on any atom is 0.0795 e. The van der Waals surface area contributed by atoms with Crippen LogP contribution in [0.5, 0.6) is 0 Å². The van der Waals surface area contributed by atoms with E-state index in [4.69, 9.17) is 0 Å². The maximum atomic E-state index is 4.29. The molecule has 0 fully saturated rings. The molecule has 5 heteroatoms. The lowest BCUT2D eigenvalue weighted by Crippen LogP contribution is -2.28. The van der Waals surface area contributed by atoms with Gasteiger partial charge in [0.25, 0.3) is 0 Å². The lowest BCUT2D eigenvalue weighted by atomic mass is 10.3. The zero-order valence-electron chi connectivity index (χ0n) is 10.8. The summed E-state index contributed by atoms with van der Waals surface area (Å²) in [4.78, 5) is 8.03. The first-order chi connectivity index (χ1) is 8.75. The highest BCUT2D eigenvalue weighted by Crippen LogP contribution is 2.14. The molecule has 0 aliphatic rings. The second-order valence-electron chi connectivity index (χ2n) is 4.42. The van der Waals surface area contributed by atoms with Crippen molar-refractivity contribution in [3.05, 3.63) is 38.5 Å². The monoisotopic (exact) mass is 281 g/mol.